The van der Waals surface area contributed by atoms with Gasteiger partial charge in [-0.1, -0.05) is 0 Å². The van der Waals surface area contributed by atoms with Gasteiger partial charge in [0.1, 0.15) is 0 Å². The normalized spacial score (nSPS) is 23.9. The number of carbonyl (C=O) groups is 2. The minimum Gasteiger partial charge on any atom is -0.465 e. The number of nitrogens with zero attached hydrogens (tertiary/aromatic N) is 2. The standard InChI is InChI=1S/C14H17N3O5S/c15-23(21,22)12-3-1-9(2-4-12)13(18)16-5-10-7-17(14(19)20)8-11(10)6-16/h1-4,10-11H,5-8H2,(H,19,20)(H2,15,21,22). The Hall–Kier alpha value is -2.13. The molecule has 0 saturated carbocycles. The second-order valence-electron chi connectivity index (χ2n) is 5.99. The Morgan fingerprint density at radius 1 is 1.00 bits per heavy atom. The molecule has 0 aromatic heterocycles. The molecule has 3 rings (SSSR count). The van der Waals surface area contributed by atoms with Gasteiger partial charge in [0.15, 0.2) is 0 Å². The van der Waals surface area contributed by atoms with Crippen LogP contribution in [-0.4, -0.2) is 61.5 Å². The summed E-state index contributed by atoms with van der Waals surface area (Å²) in [4.78, 5) is 26.5. The molecule has 1 aromatic carbocycles. The number of carboxylic acid groups (broad SMARTS) is 1. The van der Waals surface area contributed by atoms with Crippen molar-refractivity contribution in [1.29, 1.82) is 0 Å². The number of hydrogen-bond acceptors (Lipinski definition) is 4. The van der Waals surface area contributed by atoms with E-state index in [1.54, 1.807) is 4.90 Å². The van der Waals surface area contributed by atoms with Crippen LogP contribution in [0.4, 0.5) is 4.79 Å². The third-order valence-electron chi connectivity index (χ3n) is 4.47. The maximum Gasteiger partial charge on any atom is 0.407 e. The topological polar surface area (TPSA) is 121 Å². The van der Waals surface area contributed by atoms with Gasteiger partial charge < -0.3 is 14.9 Å². The van der Waals surface area contributed by atoms with Gasteiger partial charge in [0, 0.05) is 43.6 Å². The van der Waals surface area contributed by atoms with Crippen molar-refractivity contribution in [3.05, 3.63) is 29.8 Å². The van der Waals surface area contributed by atoms with Gasteiger partial charge in [-0.2, -0.15) is 0 Å². The lowest BCUT2D eigenvalue weighted by molar-refractivity contribution is 0.0774. The van der Waals surface area contributed by atoms with Gasteiger partial charge in [-0.25, -0.2) is 18.4 Å². The number of primary sulfonamides is 1. The number of rotatable bonds is 2. The molecule has 2 amide bonds. The van der Waals surface area contributed by atoms with Crippen molar-refractivity contribution in [2.45, 2.75) is 4.90 Å². The van der Waals surface area contributed by atoms with E-state index in [1.165, 1.54) is 29.2 Å². The van der Waals surface area contributed by atoms with Gasteiger partial charge >= 0.3 is 6.09 Å². The van der Waals surface area contributed by atoms with Crippen LogP contribution in [-0.2, 0) is 10.0 Å². The first-order chi connectivity index (χ1) is 10.8. The summed E-state index contributed by atoms with van der Waals surface area (Å²) in [5, 5.41) is 14.0. The highest BCUT2D eigenvalue weighted by molar-refractivity contribution is 7.89. The smallest absolute Gasteiger partial charge is 0.407 e. The van der Waals surface area contributed by atoms with Crippen molar-refractivity contribution in [3.8, 4) is 0 Å². The number of hydrogen-bond donors (Lipinski definition) is 2. The van der Waals surface area contributed by atoms with E-state index in [4.69, 9.17) is 10.2 Å². The number of sulfonamides is 1. The first-order valence-electron chi connectivity index (χ1n) is 7.15. The number of benzene rings is 1. The van der Waals surface area contributed by atoms with E-state index in [0.29, 0.717) is 31.7 Å². The maximum absolute atomic E-state index is 12.5. The Kier molecular flexibility index (Phi) is 3.77. The molecule has 8 nitrogen and oxygen atoms in total. The van der Waals surface area contributed by atoms with E-state index >= 15 is 0 Å². The number of carbonyl (C=O) groups excluding carboxylic acids is 1. The van der Waals surface area contributed by atoms with Crippen LogP contribution in [0.1, 0.15) is 10.4 Å². The molecule has 0 bridgehead atoms. The zero-order valence-corrected chi connectivity index (χ0v) is 13.1. The molecule has 2 fully saturated rings. The maximum atomic E-state index is 12.5. The fraction of sp³-hybridized carbons (Fsp3) is 0.429. The largest absolute Gasteiger partial charge is 0.465 e. The van der Waals surface area contributed by atoms with Gasteiger partial charge in [0.2, 0.25) is 10.0 Å². The van der Waals surface area contributed by atoms with Gasteiger partial charge in [0.25, 0.3) is 5.91 Å². The van der Waals surface area contributed by atoms with E-state index in [9.17, 15) is 18.0 Å². The van der Waals surface area contributed by atoms with E-state index in [0.717, 1.165) is 0 Å². The molecule has 2 unspecified atom stereocenters. The highest BCUT2D eigenvalue weighted by Gasteiger charge is 2.43. The molecule has 2 aliphatic heterocycles. The molecule has 0 radical (unpaired) electrons. The molecule has 2 aliphatic rings. The molecular weight excluding hydrogens is 322 g/mol. The summed E-state index contributed by atoms with van der Waals surface area (Å²) in [6.45, 7) is 1.94. The number of fused-ring (bicyclic) bond motifs is 1. The second kappa shape index (κ2) is 5.50. The molecule has 1 aromatic rings. The quantitative estimate of drug-likeness (QED) is 0.786. The molecule has 3 N–H and O–H groups in total. The van der Waals surface area contributed by atoms with Gasteiger partial charge in [-0.05, 0) is 24.3 Å². The highest BCUT2D eigenvalue weighted by atomic mass is 32.2. The first kappa shape index (κ1) is 15.8. The van der Waals surface area contributed by atoms with Crippen LogP contribution < -0.4 is 5.14 Å². The highest BCUT2D eigenvalue weighted by Crippen LogP contribution is 2.31. The van der Waals surface area contributed by atoms with Crippen molar-refractivity contribution in [1.82, 2.24) is 9.80 Å². The molecule has 2 saturated heterocycles. The van der Waals surface area contributed by atoms with Crippen LogP contribution in [0.2, 0.25) is 0 Å². The van der Waals surface area contributed by atoms with Crippen LogP contribution >= 0.6 is 0 Å². The van der Waals surface area contributed by atoms with Crippen LogP contribution in [0.3, 0.4) is 0 Å². The molecule has 124 valence electrons. The molecular formula is C14H17N3O5S. The van der Waals surface area contributed by atoms with Crippen molar-refractivity contribution in [3.63, 3.8) is 0 Å². The lowest BCUT2D eigenvalue weighted by atomic mass is 10.0. The summed E-state index contributed by atoms with van der Waals surface area (Å²) in [7, 11) is -3.78. The first-order valence-corrected chi connectivity index (χ1v) is 8.70. The van der Waals surface area contributed by atoms with Crippen LogP contribution in [0, 0.1) is 11.8 Å². The Balaban J connectivity index is 1.68. The number of nitrogens with two attached hydrogens (primary N) is 1. The summed E-state index contributed by atoms with van der Waals surface area (Å²) >= 11 is 0. The van der Waals surface area contributed by atoms with Crippen molar-refractivity contribution < 1.29 is 23.1 Å². The second-order valence-corrected chi connectivity index (χ2v) is 7.55. The fourth-order valence-corrected chi connectivity index (χ4v) is 3.80. The molecule has 2 atom stereocenters. The molecule has 0 aliphatic carbocycles. The molecule has 9 heteroatoms. The summed E-state index contributed by atoms with van der Waals surface area (Å²) in [5.41, 5.74) is 0.396. The summed E-state index contributed by atoms with van der Waals surface area (Å²) in [5.74, 6) is 0.153. The van der Waals surface area contributed by atoms with Gasteiger partial charge in [0.05, 0.1) is 4.90 Å². The average Bonchev–Trinajstić information content (AvgIpc) is 3.04. The minimum atomic E-state index is -3.78. The zero-order chi connectivity index (χ0) is 16.8. The van der Waals surface area contributed by atoms with Crippen molar-refractivity contribution in [2.24, 2.45) is 17.0 Å². The fourth-order valence-electron chi connectivity index (χ4n) is 3.28. The number of amides is 2. The van der Waals surface area contributed by atoms with Crippen molar-refractivity contribution in [2.75, 3.05) is 26.2 Å². The predicted molar refractivity (Wildman–Crippen MR) is 80.3 cm³/mol. The Morgan fingerprint density at radius 3 is 1.91 bits per heavy atom. The van der Waals surface area contributed by atoms with Crippen LogP contribution in [0.15, 0.2) is 29.2 Å². The molecule has 23 heavy (non-hydrogen) atoms. The predicted octanol–water partition coefficient (Wildman–Crippen LogP) is 0.0158. The van der Waals surface area contributed by atoms with Crippen LogP contribution in [0.25, 0.3) is 0 Å². The minimum absolute atomic E-state index is 0.0376. The third-order valence-corrected chi connectivity index (χ3v) is 5.40. The Bertz CT molecular complexity index is 732. The average molecular weight is 339 g/mol. The van der Waals surface area contributed by atoms with E-state index in [-0.39, 0.29) is 22.6 Å². The Labute approximate surface area is 133 Å². The summed E-state index contributed by atoms with van der Waals surface area (Å²) in [6, 6.07) is 5.51. The van der Waals surface area contributed by atoms with E-state index in [2.05, 4.69) is 0 Å². The van der Waals surface area contributed by atoms with Crippen LogP contribution in [0.5, 0.6) is 0 Å². The molecule has 0 spiro atoms. The third kappa shape index (κ3) is 3.02. The summed E-state index contributed by atoms with van der Waals surface area (Å²) < 4.78 is 22.4. The summed E-state index contributed by atoms with van der Waals surface area (Å²) in [6.07, 6.45) is -0.921. The van der Waals surface area contributed by atoms with Gasteiger partial charge in [-0.15, -0.1) is 0 Å². The van der Waals surface area contributed by atoms with E-state index < -0.39 is 16.1 Å². The van der Waals surface area contributed by atoms with Gasteiger partial charge in [-0.3, -0.25) is 4.79 Å². The zero-order valence-electron chi connectivity index (χ0n) is 12.3. The van der Waals surface area contributed by atoms with E-state index in [1.807, 2.05) is 0 Å². The Morgan fingerprint density at radius 2 is 1.48 bits per heavy atom. The lowest BCUT2D eigenvalue weighted by Gasteiger charge is -2.20. The van der Waals surface area contributed by atoms with Crippen molar-refractivity contribution >= 4 is 22.0 Å². The number of likely N-dealkylation sites (tertiary alicyclic amines) is 2. The lowest BCUT2D eigenvalue weighted by Crippen LogP contribution is -2.35. The SMILES string of the molecule is NS(=O)(=O)c1ccc(C(=O)N2CC3CN(C(=O)O)CC3C2)cc1. The molecule has 2 heterocycles. The monoisotopic (exact) mass is 339 g/mol.